The Morgan fingerprint density at radius 2 is 1.91 bits per heavy atom. The van der Waals surface area contributed by atoms with Crippen LogP contribution in [-0.4, -0.2) is 19.8 Å². The van der Waals surface area contributed by atoms with E-state index in [4.69, 9.17) is 4.52 Å². The van der Waals surface area contributed by atoms with E-state index in [-0.39, 0.29) is 5.75 Å². The lowest BCUT2D eigenvalue weighted by Crippen LogP contribution is -1.91. The third kappa shape index (κ3) is 2.17. The Balaban J connectivity index is 1.92. The smallest absolute Gasteiger partial charge is 0.132 e. The molecule has 5 nitrogen and oxygen atoms in total. The number of benzene rings is 2. The zero-order valence-electron chi connectivity index (χ0n) is 12.6. The molecule has 2 heterocycles. The molecule has 0 atom stereocenters. The predicted octanol–water partition coefficient (Wildman–Crippen LogP) is 3.95. The van der Waals surface area contributed by atoms with Gasteiger partial charge in [0.1, 0.15) is 18.3 Å². The number of phenolic OH excluding ortho intramolecular Hbond substituents is 1. The molecule has 5 heteroatoms. The lowest BCUT2D eigenvalue weighted by molar-refractivity contribution is 0.412. The summed E-state index contributed by atoms with van der Waals surface area (Å²) in [6.07, 6.45) is 4.27. The molecule has 0 aliphatic heterocycles. The molecule has 0 spiro atoms. The third-order valence-corrected chi connectivity index (χ3v) is 3.97. The van der Waals surface area contributed by atoms with Crippen LogP contribution in [0.2, 0.25) is 0 Å². The Kier molecular flexibility index (Phi) is 3.12. The second kappa shape index (κ2) is 5.28. The molecule has 0 aliphatic rings. The second-order valence-electron chi connectivity index (χ2n) is 5.33. The summed E-state index contributed by atoms with van der Waals surface area (Å²) in [7, 11) is 0. The largest absolute Gasteiger partial charge is 0.508 e. The number of para-hydroxylation sites is 1. The fourth-order valence-corrected chi connectivity index (χ4v) is 2.81. The Morgan fingerprint density at radius 1 is 1.09 bits per heavy atom. The molecular formula is C18H15N3O2. The molecule has 2 aromatic heterocycles. The van der Waals surface area contributed by atoms with E-state index in [1.807, 2.05) is 34.9 Å². The number of hydrogen-bond acceptors (Lipinski definition) is 4. The molecular weight excluding hydrogens is 290 g/mol. The summed E-state index contributed by atoms with van der Waals surface area (Å²) < 4.78 is 7.13. The summed E-state index contributed by atoms with van der Waals surface area (Å²) in [4.78, 5) is 4.58. The van der Waals surface area contributed by atoms with Crippen molar-refractivity contribution < 1.29 is 9.63 Å². The minimum Gasteiger partial charge on any atom is -0.508 e. The molecule has 0 radical (unpaired) electrons. The van der Waals surface area contributed by atoms with Gasteiger partial charge in [-0.25, -0.2) is 4.98 Å². The molecule has 1 N–H and O–H groups in total. The standard InChI is InChI=1S/C18H15N3O2/c1-2-16-15(10-23-20-16)14-4-3-5-17-18(14)19-11-21(17)12-6-8-13(22)9-7-12/h3-11,22H,2H2,1H3. The average Bonchev–Trinajstić information content (AvgIpc) is 3.22. The topological polar surface area (TPSA) is 64.1 Å². The van der Waals surface area contributed by atoms with E-state index < -0.39 is 0 Å². The van der Waals surface area contributed by atoms with Gasteiger partial charge in [-0.1, -0.05) is 24.2 Å². The number of nitrogens with zero attached hydrogens (tertiary/aromatic N) is 3. The number of aromatic nitrogens is 3. The van der Waals surface area contributed by atoms with Gasteiger partial charge >= 0.3 is 0 Å². The van der Waals surface area contributed by atoms with Gasteiger partial charge in [0.15, 0.2) is 0 Å². The van der Waals surface area contributed by atoms with Crippen LogP contribution in [0.1, 0.15) is 12.6 Å². The summed E-state index contributed by atoms with van der Waals surface area (Å²) in [5.74, 6) is 0.246. The number of hydrogen-bond donors (Lipinski definition) is 1. The molecule has 0 amide bonds. The van der Waals surface area contributed by atoms with Gasteiger partial charge in [0.05, 0.1) is 16.7 Å². The molecule has 23 heavy (non-hydrogen) atoms. The molecule has 114 valence electrons. The monoisotopic (exact) mass is 305 g/mol. The number of aromatic hydroxyl groups is 1. The third-order valence-electron chi connectivity index (χ3n) is 3.97. The Hall–Kier alpha value is -3.08. The van der Waals surface area contributed by atoms with Crippen LogP contribution in [0.5, 0.6) is 5.75 Å². The van der Waals surface area contributed by atoms with Gasteiger partial charge in [-0.15, -0.1) is 0 Å². The van der Waals surface area contributed by atoms with E-state index in [2.05, 4.69) is 17.1 Å². The Bertz CT molecular complexity index is 968. The fraction of sp³-hybridized carbons (Fsp3) is 0.111. The van der Waals surface area contributed by atoms with E-state index in [1.54, 1.807) is 24.7 Å². The first kappa shape index (κ1) is 13.6. The number of rotatable bonds is 3. The molecule has 0 saturated heterocycles. The van der Waals surface area contributed by atoms with Crippen molar-refractivity contribution in [2.24, 2.45) is 0 Å². The highest BCUT2D eigenvalue weighted by Gasteiger charge is 2.14. The second-order valence-corrected chi connectivity index (χ2v) is 5.33. The predicted molar refractivity (Wildman–Crippen MR) is 87.6 cm³/mol. The highest BCUT2D eigenvalue weighted by atomic mass is 16.5. The van der Waals surface area contributed by atoms with Crippen molar-refractivity contribution in [2.75, 3.05) is 0 Å². The lowest BCUT2D eigenvalue weighted by Gasteiger charge is -2.06. The minimum absolute atomic E-state index is 0.246. The highest BCUT2D eigenvalue weighted by molar-refractivity contribution is 5.93. The molecule has 2 aromatic carbocycles. The van der Waals surface area contributed by atoms with Crippen LogP contribution >= 0.6 is 0 Å². The lowest BCUT2D eigenvalue weighted by atomic mass is 10.0. The van der Waals surface area contributed by atoms with Crippen molar-refractivity contribution >= 4 is 11.0 Å². The molecule has 0 unspecified atom stereocenters. The molecule has 4 rings (SSSR count). The normalized spacial score (nSPS) is 11.2. The molecule has 0 fully saturated rings. The van der Waals surface area contributed by atoms with Gasteiger partial charge in [-0.3, -0.25) is 4.57 Å². The summed E-state index contributed by atoms with van der Waals surface area (Å²) in [5.41, 5.74) is 5.77. The fourth-order valence-electron chi connectivity index (χ4n) is 2.81. The number of imidazole rings is 1. The SMILES string of the molecule is CCc1nocc1-c1cccc2c1ncn2-c1ccc(O)cc1. The van der Waals surface area contributed by atoms with Gasteiger partial charge in [-0.05, 0) is 36.8 Å². The van der Waals surface area contributed by atoms with Gasteiger partial charge in [-0.2, -0.15) is 0 Å². The van der Waals surface area contributed by atoms with Crippen LogP contribution < -0.4 is 0 Å². The van der Waals surface area contributed by atoms with Crippen LogP contribution in [-0.2, 0) is 6.42 Å². The van der Waals surface area contributed by atoms with Crippen molar-refractivity contribution in [1.82, 2.24) is 14.7 Å². The summed E-state index contributed by atoms with van der Waals surface area (Å²) in [6, 6.07) is 13.1. The van der Waals surface area contributed by atoms with Crippen LogP contribution in [0, 0.1) is 0 Å². The van der Waals surface area contributed by atoms with Gasteiger partial charge < -0.3 is 9.63 Å². The highest BCUT2D eigenvalue weighted by Crippen LogP contribution is 2.31. The van der Waals surface area contributed by atoms with Gasteiger partial charge in [0.25, 0.3) is 0 Å². The van der Waals surface area contributed by atoms with Crippen LogP contribution in [0.4, 0.5) is 0 Å². The van der Waals surface area contributed by atoms with Crippen LogP contribution in [0.25, 0.3) is 27.8 Å². The van der Waals surface area contributed by atoms with Crippen LogP contribution in [0.15, 0.2) is 59.6 Å². The molecule has 0 saturated carbocycles. The van der Waals surface area contributed by atoms with Gasteiger partial charge in [0, 0.05) is 16.8 Å². The van der Waals surface area contributed by atoms with E-state index in [0.29, 0.717) is 0 Å². The van der Waals surface area contributed by atoms with Gasteiger partial charge in [0.2, 0.25) is 0 Å². The summed E-state index contributed by atoms with van der Waals surface area (Å²) in [6.45, 7) is 2.05. The van der Waals surface area contributed by atoms with E-state index in [0.717, 1.165) is 40.0 Å². The zero-order chi connectivity index (χ0) is 15.8. The number of phenols is 1. The van der Waals surface area contributed by atoms with E-state index in [9.17, 15) is 5.11 Å². The number of aryl methyl sites for hydroxylation is 1. The first-order valence-corrected chi connectivity index (χ1v) is 7.47. The Labute approximate surface area is 132 Å². The molecule has 4 aromatic rings. The molecule has 0 aliphatic carbocycles. The van der Waals surface area contributed by atoms with Crippen molar-refractivity contribution in [3.63, 3.8) is 0 Å². The maximum atomic E-state index is 9.45. The van der Waals surface area contributed by atoms with Crippen molar-refractivity contribution in [1.29, 1.82) is 0 Å². The van der Waals surface area contributed by atoms with E-state index >= 15 is 0 Å². The number of fused-ring (bicyclic) bond motifs is 1. The maximum absolute atomic E-state index is 9.45. The van der Waals surface area contributed by atoms with Crippen molar-refractivity contribution in [3.8, 4) is 22.6 Å². The van der Waals surface area contributed by atoms with Crippen molar-refractivity contribution in [3.05, 3.63) is 60.7 Å². The first-order valence-electron chi connectivity index (χ1n) is 7.47. The minimum atomic E-state index is 0.246. The molecule has 0 bridgehead atoms. The summed E-state index contributed by atoms with van der Waals surface area (Å²) in [5, 5.41) is 13.5. The van der Waals surface area contributed by atoms with Crippen LogP contribution in [0.3, 0.4) is 0 Å². The quantitative estimate of drug-likeness (QED) is 0.622. The Morgan fingerprint density at radius 3 is 2.70 bits per heavy atom. The van der Waals surface area contributed by atoms with E-state index in [1.165, 1.54) is 0 Å². The maximum Gasteiger partial charge on any atom is 0.132 e. The zero-order valence-corrected chi connectivity index (χ0v) is 12.6. The first-order chi connectivity index (χ1) is 11.3. The summed E-state index contributed by atoms with van der Waals surface area (Å²) >= 11 is 0. The average molecular weight is 305 g/mol. The van der Waals surface area contributed by atoms with Crippen molar-refractivity contribution in [2.45, 2.75) is 13.3 Å².